The lowest BCUT2D eigenvalue weighted by atomic mass is 10.1. The molecule has 2 atom stereocenters. The Balaban J connectivity index is 2.41. The average molecular weight is 304 g/mol. The highest BCUT2D eigenvalue weighted by molar-refractivity contribution is 7.84. The number of nitrogens with one attached hydrogen (secondary N) is 1. The normalized spacial score (nSPS) is 13.8. The third-order valence-electron chi connectivity index (χ3n) is 2.83. The van der Waals surface area contributed by atoms with Crippen molar-refractivity contribution in [3.63, 3.8) is 0 Å². The first kappa shape index (κ1) is 16.0. The van der Waals surface area contributed by atoms with Crippen LogP contribution in [0.5, 0.6) is 5.75 Å². The Labute approximate surface area is 120 Å². The molecule has 6 heteroatoms. The van der Waals surface area contributed by atoms with E-state index in [1.165, 1.54) is 12.1 Å². The van der Waals surface area contributed by atoms with Gasteiger partial charge in [0.1, 0.15) is 5.75 Å². The van der Waals surface area contributed by atoms with Crippen molar-refractivity contribution in [1.29, 1.82) is 0 Å². The largest absolute Gasteiger partial charge is 0.508 e. The third kappa shape index (κ3) is 5.61. The molecule has 19 heavy (non-hydrogen) atoms. The number of hydrogen-bond donors (Lipinski definition) is 2. The summed E-state index contributed by atoms with van der Waals surface area (Å²) in [5, 5.41) is 12.4. The van der Waals surface area contributed by atoms with Gasteiger partial charge in [0, 0.05) is 33.9 Å². The highest BCUT2D eigenvalue weighted by Crippen LogP contribution is 2.21. The summed E-state index contributed by atoms with van der Waals surface area (Å²) in [7, 11) is -0.869. The molecule has 1 aromatic carbocycles. The highest BCUT2D eigenvalue weighted by atomic mass is 35.5. The summed E-state index contributed by atoms with van der Waals surface area (Å²) < 4.78 is 11.1. The SMILES string of the molecule is C[C@@H](CCNC(=O)Cc1ccc(O)cc1Cl)[S@@](C)=O. The number of aromatic hydroxyl groups is 1. The first-order valence-corrected chi connectivity index (χ1v) is 7.96. The van der Waals surface area contributed by atoms with Crippen LogP contribution < -0.4 is 5.32 Å². The molecule has 0 aliphatic heterocycles. The lowest BCUT2D eigenvalue weighted by Gasteiger charge is -2.10. The maximum absolute atomic E-state index is 11.7. The van der Waals surface area contributed by atoms with Crippen LogP contribution in [0.2, 0.25) is 5.02 Å². The standard InChI is InChI=1S/C13H18ClNO3S/c1-9(19(2)18)5-6-15-13(17)7-10-3-4-11(16)8-12(10)14/h3-4,8-9,16H,5-7H2,1-2H3,(H,15,17)/t9-,19+/m0/s1. The van der Waals surface area contributed by atoms with Gasteiger partial charge in [0.05, 0.1) is 6.42 Å². The molecule has 0 saturated heterocycles. The van der Waals surface area contributed by atoms with Gasteiger partial charge in [-0.05, 0) is 24.1 Å². The molecule has 106 valence electrons. The summed E-state index contributed by atoms with van der Waals surface area (Å²) in [6, 6.07) is 4.53. The summed E-state index contributed by atoms with van der Waals surface area (Å²) in [4.78, 5) is 11.7. The molecule has 4 nitrogen and oxygen atoms in total. The predicted molar refractivity (Wildman–Crippen MR) is 78.0 cm³/mol. The monoisotopic (exact) mass is 303 g/mol. The minimum absolute atomic E-state index is 0.0672. The van der Waals surface area contributed by atoms with E-state index in [4.69, 9.17) is 11.6 Å². The van der Waals surface area contributed by atoms with Gasteiger partial charge in [-0.3, -0.25) is 9.00 Å². The zero-order valence-electron chi connectivity index (χ0n) is 11.0. The zero-order valence-corrected chi connectivity index (χ0v) is 12.6. The number of halogens is 1. The Bertz CT molecular complexity index is 479. The van der Waals surface area contributed by atoms with Crippen LogP contribution in [0.25, 0.3) is 0 Å². The van der Waals surface area contributed by atoms with E-state index < -0.39 is 10.8 Å². The number of phenolic OH excluding ortho intramolecular Hbond substituents is 1. The smallest absolute Gasteiger partial charge is 0.224 e. The quantitative estimate of drug-likeness (QED) is 0.843. The molecule has 0 spiro atoms. The van der Waals surface area contributed by atoms with Crippen LogP contribution in [0.4, 0.5) is 0 Å². The highest BCUT2D eigenvalue weighted by Gasteiger charge is 2.09. The van der Waals surface area contributed by atoms with E-state index in [2.05, 4.69) is 5.32 Å². The Morgan fingerprint density at radius 1 is 1.53 bits per heavy atom. The van der Waals surface area contributed by atoms with Crippen molar-refractivity contribution in [3.05, 3.63) is 28.8 Å². The molecular formula is C13H18ClNO3S. The predicted octanol–water partition coefficient (Wildman–Crippen LogP) is 1.86. The second-order valence-electron chi connectivity index (χ2n) is 4.40. The Kier molecular flexibility index (Phi) is 6.31. The number of carbonyl (C=O) groups is 1. The van der Waals surface area contributed by atoms with Crippen molar-refractivity contribution >= 4 is 28.3 Å². The van der Waals surface area contributed by atoms with Crippen molar-refractivity contribution in [2.75, 3.05) is 12.8 Å². The van der Waals surface area contributed by atoms with E-state index in [1.54, 1.807) is 12.3 Å². The molecule has 0 bridgehead atoms. The maximum Gasteiger partial charge on any atom is 0.224 e. The molecule has 1 rings (SSSR count). The zero-order chi connectivity index (χ0) is 14.4. The Morgan fingerprint density at radius 2 is 2.21 bits per heavy atom. The lowest BCUT2D eigenvalue weighted by molar-refractivity contribution is -0.120. The third-order valence-corrected chi connectivity index (χ3v) is 4.55. The van der Waals surface area contributed by atoms with Gasteiger partial charge in [-0.1, -0.05) is 24.6 Å². The topological polar surface area (TPSA) is 66.4 Å². The van der Waals surface area contributed by atoms with Crippen LogP contribution in [0, 0.1) is 0 Å². The van der Waals surface area contributed by atoms with Gasteiger partial charge in [0.2, 0.25) is 5.91 Å². The molecule has 0 aromatic heterocycles. The summed E-state index contributed by atoms with van der Waals surface area (Å²) in [6.07, 6.45) is 2.50. The van der Waals surface area contributed by atoms with Crippen molar-refractivity contribution in [2.45, 2.75) is 25.0 Å². The van der Waals surface area contributed by atoms with E-state index in [0.29, 0.717) is 23.6 Å². The van der Waals surface area contributed by atoms with Gasteiger partial charge < -0.3 is 10.4 Å². The van der Waals surface area contributed by atoms with Gasteiger partial charge in [-0.15, -0.1) is 0 Å². The number of benzene rings is 1. The summed E-state index contributed by atoms with van der Waals surface area (Å²) in [6.45, 7) is 2.38. The van der Waals surface area contributed by atoms with Crippen molar-refractivity contribution in [2.24, 2.45) is 0 Å². The van der Waals surface area contributed by atoms with Crippen molar-refractivity contribution in [3.8, 4) is 5.75 Å². The second kappa shape index (κ2) is 7.50. The lowest BCUT2D eigenvalue weighted by Crippen LogP contribution is -2.28. The van der Waals surface area contributed by atoms with Gasteiger partial charge >= 0.3 is 0 Å². The van der Waals surface area contributed by atoms with E-state index in [9.17, 15) is 14.1 Å². The number of phenols is 1. The van der Waals surface area contributed by atoms with Crippen molar-refractivity contribution in [1.82, 2.24) is 5.32 Å². The fraction of sp³-hybridized carbons (Fsp3) is 0.462. The summed E-state index contributed by atoms with van der Waals surface area (Å²) >= 11 is 5.92. The fourth-order valence-electron chi connectivity index (χ4n) is 1.50. The number of hydrogen-bond acceptors (Lipinski definition) is 3. The number of amides is 1. The van der Waals surface area contributed by atoms with Crippen LogP contribution in [0.3, 0.4) is 0 Å². The molecule has 2 N–H and O–H groups in total. The van der Waals surface area contributed by atoms with Crippen LogP contribution in [-0.2, 0) is 22.0 Å². The number of rotatable bonds is 6. The average Bonchev–Trinajstić information content (AvgIpc) is 2.32. The molecule has 1 aromatic rings. The first-order chi connectivity index (χ1) is 8.90. The molecule has 0 fully saturated rings. The van der Waals surface area contributed by atoms with E-state index in [1.807, 2.05) is 6.92 Å². The van der Waals surface area contributed by atoms with Gasteiger partial charge in [-0.25, -0.2) is 0 Å². The molecule has 0 unspecified atom stereocenters. The number of carbonyl (C=O) groups excluding carboxylic acids is 1. The summed E-state index contributed by atoms with van der Waals surface area (Å²) in [5.74, 6) is -0.0601. The molecule has 1 amide bonds. The van der Waals surface area contributed by atoms with Crippen LogP contribution in [-0.4, -0.2) is 33.3 Å². The molecule has 0 aliphatic carbocycles. The molecule has 0 heterocycles. The van der Waals surface area contributed by atoms with Crippen LogP contribution in [0.1, 0.15) is 18.9 Å². The van der Waals surface area contributed by atoms with E-state index in [-0.39, 0.29) is 23.3 Å². The minimum atomic E-state index is -0.869. The van der Waals surface area contributed by atoms with Gasteiger partial charge in [0.15, 0.2) is 0 Å². The second-order valence-corrected chi connectivity index (χ2v) is 6.61. The van der Waals surface area contributed by atoms with Gasteiger partial charge in [0.25, 0.3) is 0 Å². The van der Waals surface area contributed by atoms with Crippen LogP contribution >= 0.6 is 11.6 Å². The Morgan fingerprint density at radius 3 is 2.79 bits per heavy atom. The maximum atomic E-state index is 11.7. The molecule has 0 saturated carbocycles. The van der Waals surface area contributed by atoms with Gasteiger partial charge in [-0.2, -0.15) is 0 Å². The van der Waals surface area contributed by atoms with Crippen LogP contribution in [0.15, 0.2) is 18.2 Å². The van der Waals surface area contributed by atoms with E-state index in [0.717, 1.165) is 0 Å². The van der Waals surface area contributed by atoms with E-state index >= 15 is 0 Å². The molecule has 0 radical (unpaired) electrons. The minimum Gasteiger partial charge on any atom is -0.508 e. The summed E-state index contributed by atoms with van der Waals surface area (Å²) in [5.41, 5.74) is 0.670. The first-order valence-electron chi connectivity index (χ1n) is 5.96. The Hall–Kier alpha value is -1.07. The molecule has 0 aliphatic rings. The van der Waals surface area contributed by atoms with Crippen molar-refractivity contribution < 1.29 is 14.1 Å². The molecular weight excluding hydrogens is 286 g/mol. The fourth-order valence-corrected chi connectivity index (χ4v) is 2.19.